The smallest absolute Gasteiger partial charge is 0.331 e. The van der Waals surface area contributed by atoms with Gasteiger partial charge in [0.25, 0.3) is 0 Å². The fourth-order valence-corrected chi connectivity index (χ4v) is 1.84. The van der Waals surface area contributed by atoms with Crippen LogP contribution in [0.3, 0.4) is 0 Å². The molecule has 0 spiro atoms. The van der Waals surface area contributed by atoms with Gasteiger partial charge in [-0.25, -0.2) is 4.79 Å². The van der Waals surface area contributed by atoms with Crippen molar-refractivity contribution in [2.75, 3.05) is 6.61 Å². The highest BCUT2D eigenvalue weighted by Crippen LogP contribution is 2.27. The molecule has 1 saturated carbocycles. The van der Waals surface area contributed by atoms with Crippen LogP contribution < -0.4 is 0 Å². The van der Waals surface area contributed by atoms with Crippen molar-refractivity contribution in [1.29, 1.82) is 0 Å². The summed E-state index contributed by atoms with van der Waals surface area (Å²) in [7, 11) is 0. The minimum Gasteiger partial charge on any atom is -0.463 e. The second kappa shape index (κ2) is 5.69. The molecule has 84 valence electrons. The second-order valence-corrected chi connectivity index (χ2v) is 3.86. The first kappa shape index (κ1) is 12.0. The van der Waals surface area contributed by atoms with Crippen LogP contribution in [0.4, 0.5) is 0 Å². The van der Waals surface area contributed by atoms with Crippen LogP contribution >= 0.6 is 0 Å². The Bertz CT molecular complexity index is 279. The maximum atomic E-state index is 11.5. The molecule has 0 aromatic rings. The summed E-state index contributed by atoms with van der Waals surface area (Å²) in [5.74, 6) is 0.258. The molecule has 0 aromatic carbocycles. The van der Waals surface area contributed by atoms with E-state index in [-0.39, 0.29) is 5.78 Å². The van der Waals surface area contributed by atoms with Gasteiger partial charge in [-0.15, -0.1) is 0 Å². The lowest BCUT2D eigenvalue weighted by atomic mass is 9.83. The minimum atomic E-state index is -0.391. The molecule has 0 amide bonds. The molecule has 15 heavy (non-hydrogen) atoms. The summed E-state index contributed by atoms with van der Waals surface area (Å²) >= 11 is 0. The van der Waals surface area contributed by atoms with Crippen LogP contribution in [-0.4, -0.2) is 18.4 Å². The lowest BCUT2D eigenvalue weighted by Crippen LogP contribution is -2.18. The predicted molar refractivity (Wildman–Crippen MR) is 57.4 cm³/mol. The third-order valence-electron chi connectivity index (χ3n) is 2.80. The molecule has 0 radical (unpaired) electrons. The van der Waals surface area contributed by atoms with Gasteiger partial charge in [-0.05, 0) is 25.7 Å². The molecule has 1 aliphatic carbocycles. The molecule has 3 heteroatoms. The summed E-state index contributed by atoms with van der Waals surface area (Å²) in [6, 6.07) is 0. The van der Waals surface area contributed by atoms with Crippen LogP contribution in [0.1, 0.15) is 39.5 Å². The number of ether oxygens (including phenoxy) is 1. The molecule has 1 rings (SSSR count). The molecule has 0 aromatic heterocycles. The van der Waals surface area contributed by atoms with Crippen molar-refractivity contribution in [1.82, 2.24) is 0 Å². The molecule has 0 N–H and O–H groups in total. The molecule has 1 atom stereocenters. The van der Waals surface area contributed by atoms with Crippen molar-refractivity contribution in [3.05, 3.63) is 11.6 Å². The van der Waals surface area contributed by atoms with Crippen molar-refractivity contribution >= 4 is 11.8 Å². The summed E-state index contributed by atoms with van der Waals surface area (Å²) in [4.78, 5) is 22.7. The first-order valence-corrected chi connectivity index (χ1v) is 5.57. The van der Waals surface area contributed by atoms with Crippen LogP contribution in [0.15, 0.2) is 11.6 Å². The van der Waals surface area contributed by atoms with Gasteiger partial charge >= 0.3 is 5.97 Å². The monoisotopic (exact) mass is 210 g/mol. The fraction of sp³-hybridized carbons (Fsp3) is 0.667. The van der Waals surface area contributed by atoms with E-state index in [9.17, 15) is 9.59 Å². The molecule has 1 aliphatic rings. The van der Waals surface area contributed by atoms with Crippen LogP contribution in [-0.2, 0) is 14.3 Å². The SMILES string of the molecule is CCOC(=O)C=C1CC(CC)CCC1=O. The molecule has 1 fully saturated rings. The van der Waals surface area contributed by atoms with E-state index in [2.05, 4.69) is 6.92 Å². The van der Waals surface area contributed by atoms with E-state index in [0.29, 0.717) is 24.5 Å². The zero-order chi connectivity index (χ0) is 11.3. The van der Waals surface area contributed by atoms with Gasteiger partial charge in [-0.1, -0.05) is 13.3 Å². The van der Waals surface area contributed by atoms with E-state index in [1.807, 2.05) is 0 Å². The molecular weight excluding hydrogens is 192 g/mol. The largest absolute Gasteiger partial charge is 0.463 e. The van der Waals surface area contributed by atoms with Crippen LogP contribution in [0.25, 0.3) is 0 Å². The Morgan fingerprint density at radius 2 is 2.27 bits per heavy atom. The highest BCUT2D eigenvalue weighted by molar-refractivity contribution is 6.01. The Hall–Kier alpha value is -1.12. The van der Waals surface area contributed by atoms with Crippen LogP contribution in [0.2, 0.25) is 0 Å². The van der Waals surface area contributed by atoms with Crippen LogP contribution in [0.5, 0.6) is 0 Å². The Morgan fingerprint density at radius 3 is 2.87 bits per heavy atom. The molecule has 1 unspecified atom stereocenters. The van der Waals surface area contributed by atoms with E-state index < -0.39 is 5.97 Å². The predicted octanol–water partition coefficient (Wildman–Crippen LogP) is 2.26. The molecule has 0 bridgehead atoms. The number of carbonyl (C=O) groups excluding carboxylic acids is 2. The van der Waals surface area contributed by atoms with E-state index in [1.165, 1.54) is 6.08 Å². The summed E-state index contributed by atoms with van der Waals surface area (Å²) in [5.41, 5.74) is 0.645. The van der Waals surface area contributed by atoms with Crippen molar-refractivity contribution in [3.63, 3.8) is 0 Å². The van der Waals surface area contributed by atoms with Crippen molar-refractivity contribution in [2.24, 2.45) is 5.92 Å². The van der Waals surface area contributed by atoms with Crippen LogP contribution in [0, 0.1) is 5.92 Å². The Balaban J connectivity index is 2.64. The van der Waals surface area contributed by atoms with E-state index in [4.69, 9.17) is 4.74 Å². The third kappa shape index (κ3) is 3.50. The maximum Gasteiger partial charge on any atom is 0.331 e. The first-order chi connectivity index (χ1) is 7.17. The Labute approximate surface area is 90.5 Å². The van der Waals surface area contributed by atoms with Gasteiger partial charge in [0, 0.05) is 18.1 Å². The van der Waals surface area contributed by atoms with Gasteiger partial charge in [0.1, 0.15) is 0 Å². The second-order valence-electron chi connectivity index (χ2n) is 3.86. The van der Waals surface area contributed by atoms with Crippen molar-refractivity contribution in [2.45, 2.75) is 39.5 Å². The summed E-state index contributed by atoms with van der Waals surface area (Å²) in [5, 5.41) is 0. The van der Waals surface area contributed by atoms with Gasteiger partial charge in [0.2, 0.25) is 0 Å². The van der Waals surface area contributed by atoms with Crippen molar-refractivity contribution < 1.29 is 14.3 Å². The Kier molecular flexibility index (Phi) is 4.53. The topological polar surface area (TPSA) is 43.4 Å². The standard InChI is InChI=1S/C12H18O3/c1-3-9-5-6-11(13)10(7-9)8-12(14)15-4-2/h8-9H,3-7H2,1-2H3. The summed E-state index contributed by atoms with van der Waals surface area (Å²) in [6.45, 7) is 4.23. The normalized spacial score (nSPS) is 24.3. The number of rotatable bonds is 3. The van der Waals surface area contributed by atoms with Gasteiger partial charge in [-0.2, -0.15) is 0 Å². The number of hydrogen-bond donors (Lipinski definition) is 0. The number of esters is 1. The fourth-order valence-electron chi connectivity index (χ4n) is 1.84. The van der Waals surface area contributed by atoms with E-state index in [0.717, 1.165) is 19.3 Å². The molecule has 3 nitrogen and oxygen atoms in total. The zero-order valence-electron chi connectivity index (χ0n) is 9.41. The molecule has 0 aliphatic heterocycles. The van der Waals surface area contributed by atoms with Gasteiger partial charge < -0.3 is 4.74 Å². The van der Waals surface area contributed by atoms with Gasteiger partial charge in [-0.3, -0.25) is 4.79 Å². The lowest BCUT2D eigenvalue weighted by molar-refractivity contribution is -0.137. The maximum absolute atomic E-state index is 11.5. The number of hydrogen-bond acceptors (Lipinski definition) is 3. The van der Waals surface area contributed by atoms with Crippen molar-refractivity contribution in [3.8, 4) is 0 Å². The number of ketones is 1. The minimum absolute atomic E-state index is 0.104. The summed E-state index contributed by atoms with van der Waals surface area (Å²) < 4.78 is 4.79. The summed E-state index contributed by atoms with van der Waals surface area (Å²) in [6.07, 6.45) is 4.69. The lowest BCUT2D eigenvalue weighted by Gasteiger charge is -2.21. The molecule has 0 saturated heterocycles. The van der Waals surface area contributed by atoms with E-state index >= 15 is 0 Å². The molecular formula is C12H18O3. The highest BCUT2D eigenvalue weighted by Gasteiger charge is 2.22. The average Bonchev–Trinajstić information content (AvgIpc) is 2.21. The van der Waals surface area contributed by atoms with Gasteiger partial charge in [0.05, 0.1) is 6.61 Å². The first-order valence-electron chi connectivity index (χ1n) is 5.57. The number of carbonyl (C=O) groups is 2. The zero-order valence-corrected chi connectivity index (χ0v) is 9.41. The average molecular weight is 210 g/mol. The number of Topliss-reactive ketones (excluding diaryl/α,β-unsaturated/α-hetero) is 1. The van der Waals surface area contributed by atoms with E-state index in [1.54, 1.807) is 6.92 Å². The Morgan fingerprint density at radius 1 is 1.53 bits per heavy atom. The third-order valence-corrected chi connectivity index (χ3v) is 2.80. The van der Waals surface area contributed by atoms with Gasteiger partial charge in [0.15, 0.2) is 5.78 Å². The quantitative estimate of drug-likeness (QED) is 0.530. The molecule has 0 heterocycles. The number of allylic oxidation sites excluding steroid dienone is 1. The highest BCUT2D eigenvalue weighted by atomic mass is 16.5.